The average Bonchev–Trinajstić information content (AvgIpc) is 3.13. The molecule has 0 saturated carbocycles. The molecule has 0 radical (unpaired) electrons. The Morgan fingerprint density at radius 1 is 1.20 bits per heavy atom. The first kappa shape index (κ1) is 21.2. The second-order valence-electron chi connectivity index (χ2n) is 6.47. The van der Waals surface area contributed by atoms with Crippen LogP contribution in [0.4, 0.5) is 11.4 Å². The van der Waals surface area contributed by atoms with Gasteiger partial charge in [0, 0.05) is 29.1 Å². The highest BCUT2D eigenvalue weighted by atomic mass is 79.9. The Labute approximate surface area is 179 Å². The van der Waals surface area contributed by atoms with E-state index in [4.69, 9.17) is 4.74 Å². The molecule has 2 aromatic rings. The number of nitro groups is 1. The number of nitrogens with zero attached hydrogens (tertiary/aromatic N) is 2. The maximum Gasteiger partial charge on any atom is 0.273 e. The van der Waals surface area contributed by atoms with Crippen molar-refractivity contribution >= 4 is 45.0 Å². The van der Waals surface area contributed by atoms with Crippen LogP contribution in [0.2, 0.25) is 0 Å². The van der Waals surface area contributed by atoms with Crippen LogP contribution in [0.3, 0.4) is 0 Å². The van der Waals surface area contributed by atoms with Gasteiger partial charge in [-0.25, -0.2) is 0 Å². The number of non-ortho nitro benzene ring substituents is 1. The first-order valence-corrected chi connectivity index (χ1v) is 9.58. The second kappa shape index (κ2) is 8.91. The Kier molecular flexibility index (Phi) is 6.31. The van der Waals surface area contributed by atoms with Gasteiger partial charge >= 0.3 is 0 Å². The molecule has 1 heterocycles. The van der Waals surface area contributed by atoms with E-state index >= 15 is 0 Å². The molecule has 2 N–H and O–H groups in total. The molecule has 10 nitrogen and oxygen atoms in total. The molecular formula is C19H17BrN4O6. The quantitative estimate of drug-likeness (QED) is 0.502. The molecule has 1 aliphatic heterocycles. The number of hydrazine groups is 1. The third-order valence-electron chi connectivity index (χ3n) is 4.57. The molecule has 0 unspecified atom stereocenters. The van der Waals surface area contributed by atoms with Crippen LogP contribution in [0.15, 0.2) is 46.9 Å². The van der Waals surface area contributed by atoms with E-state index in [1.165, 1.54) is 30.2 Å². The molecule has 0 aromatic heterocycles. The smallest absolute Gasteiger partial charge is 0.273 e. The lowest BCUT2D eigenvalue weighted by Crippen LogP contribution is -2.45. The van der Waals surface area contributed by atoms with E-state index in [0.29, 0.717) is 11.3 Å². The minimum absolute atomic E-state index is 0.0486. The van der Waals surface area contributed by atoms with Crippen molar-refractivity contribution in [2.24, 2.45) is 5.92 Å². The normalized spacial score (nSPS) is 15.6. The zero-order valence-corrected chi connectivity index (χ0v) is 17.3. The van der Waals surface area contributed by atoms with Crippen LogP contribution >= 0.6 is 15.9 Å². The molecule has 1 atom stereocenters. The number of hydrogen-bond acceptors (Lipinski definition) is 6. The minimum Gasteiger partial charge on any atom is -0.494 e. The van der Waals surface area contributed by atoms with Crippen molar-refractivity contribution in [1.29, 1.82) is 0 Å². The molecule has 1 saturated heterocycles. The summed E-state index contributed by atoms with van der Waals surface area (Å²) in [6.45, 7) is 0.0486. The highest BCUT2D eigenvalue weighted by Crippen LogP contribution is 2.35. The molecule has 30 heavy (non-hydrogen) atoms. The number of nitrogens with one attached hydrogen (secondary N) is 2. The van der Waals surface area contributed by atoms with Crippen LogP contribution in [0.5, 0.6) is 5.75 Å². The predicted octanol–water partition coefficient (Wildman–Crippen LogP) is 2.18. The number of methoxy groups -OCH3 is 1. The van der Waals surface area contributed by atoms with Gasteiger partial charge in [0.1, 0.15) is 5.75 Å². The van der Waals surface area contributed by atoms with Crippen LogP contribution in [0.25, 0.3) is 0 Å². The van der Waals surface area contributed by atoms with E-state index < -0.39 is 22.7 Å². The van der Waals surface area contributed by atoms with Gasteiger partial charge in [-0.15, -0.1) is 0 Å². The molecule has 1 aliphatic rings. The van der Waals surface area contributed by atoms with Crippen molar-refractivity contribution in [1.82, 2.24) is 10.9 Å². The van der Waals surface area contributed by atoms with E-state index in [-0.39, 0.29) is 30.3 Å². The number of hydrogen-bond donors (Lipinski definition) is 2. The topological polar surface area (TPSA) is 131 Å². The van der Waals surface area contributed by atoms with Gasteiger partial charge in [0.25, 0.3) is 11.6 Å². The Morgan fingerprint density at radius 3 is 2.53 bits per heavy atom. The molecule has 3 amide bonds. The summed E-state index contributed by atoms with van der Waals surface area (Å²) in [6.07, 6.45) is -0.0693. The predicted molar refractivity (Wildman–Crippen MR) is 110 cm³/mol. The number of amides is 3. The third kappa shape index (κ3) is 4.57. The number of anilines is 1. The SMILES string of the molecule is COc1cc([N+](=O)[O-])ccc1N1C[C@H](C(=O)NNC(=O)c2ccc(Br)cc2)CC1=O. The molecule has 0 bridgehead atoms. The first-order chi connectivity index (χ1) is 14.3. The van der Waals surface area contributed by atoms with Gasteiger partial charge in [-0.2, -0.15) is 0 Å². The van der Waals surface area contributed by atoms with Gasteiger partial charge in [0.05, 0.1) is 29.7 Å². The van der Waals surface area contributed by atoms with Crippen molar-refractivity contribution < 1.29 is 24.0 Å². The van der Waals surface area contributed by atoms with Crippen LogP contribution in [0, 0.1) is 16.0 Å². The number of benzene rings is 2. The van der Waals surface area contributed by atoms with E-state index in [1.807, 2.05) is 0 Å². The van der Waals surface area contributed by atoms with E-state index in [0.717, 1.165) is 4.47 Å². The fraction of sp³-hybridized carbons (Fsp3) is 0.211. The number of carbonyl (C=O) groups is 3. The molecule has 1 fully saturated rings. The lowest BCUT2D eigenvalue weighted by Gasteiger charge is -2.19. The average molecular weight is 477 g/mol. The van der Waals surface area contributed by atoms with Gasteiger partial charge in [-0.05, 0) is 30.3 Å². The Morgan fingerprint density at radius 2 is 1.90 bits per heavy atom. The molecule has 0 aliphatic carbocycles. The fourth-order valence-electron chi connectivity index (χ4n) is 3.01. The lowest BCUT2D eigenvalue weighted by atomic mass is 10.1. The summed E-state index contributed by atoms with van der Waals surface area (Å²) in [7, 11) is 1.34. The van der Waals surface area contributed by atoms with E-state index in [2.05, 4.69) is 26.8 Å². The fourth-order valence-corrected chi connectivity index (χ4v) is 3.28. The first-order valence-electron chi connectivity index (χ1n) is 8.78. The molecule has 156 valence electrons. The minimum atomic E-state index is -0.706. The van der Waals surface area contributed by atoms with Gasteiger partial charge in [-0.1, -0.05) is 15.9 Å². The summed E-state index contributed by atoms with van der Waals surface area (Å²) in [5, 5.41) is 10.9. The number of carbonyl (C=O) groups excluding carboxylic acids is 3. The molecule has 2 aromatic carbocycles. The van der Waals surface area contributed by atoms with Crippen molar-refractivity contribution in [3.8, 4) is 5.75 Å². The largest absolute Gasteiger partial charge is 0.494 e. The highest BCUT2D eigenvalue weighted by molar-refractivity contribution is 9.10. The van der Waals surface area contributed by atoms with Gasteiger partial charge in [0.15, 0.2) is 0 Å². The van der Waals surface area contributed by atoms with Gasteiger partial charge < -0.3 is 9.64 Å². The summed E-state index contributed by atoms with van der Waals surface area (Å²) >= 11 is 3.27. The van der Waals surface area contributed by atoms with Crippen molar-refractivity contribution in [2.45, 2.75) is 6.42 Å². The summed E-state index contributed by atoms with van der Waals surface area (Å²) in [5.74, 6) is -1.89. The molecule has 11 heteroatoms. The lowest BCUT2D eigenvalue weighted by molar-refractivity contribution is -0.384. The van der Waals surface area contributed by atoms with E-state index in [9.17, 15) is 24.5 Å². The number of halogens is 1. The monoisotopic (exact) mass is 476 g/mol. The summed E-state index contributed by atoms with van der Waals surface area (Å²) in [6, 6.07) is 10.5. The van der Waals surface area contributed by atoms with Crippen LogP contribution in [-0.2, 0) is 9.59 Å². The Balaban J connectivity index is 1.65. The van der Waals surface area contributed by atoms with Crippen molar-refractivity contribution in [2.75, 3.05) is 18.6 Å². The molecule has 3 rings (SSSR count). The number of nitro benzene ring substituents is 1. The van der Waals surface area contributed by atoms with Crippen molar-refractivity contribution in [3.05, 3.63) is 62.6 Å². The molecular weight excluding hydrogens is 460 g/mol. The summed E-state index contributed by atoms with van der Waals surface area (Å²) in [5.41, 5.74) is 5.18. The highest BCUT2D eigenvalue weighted by Gasteiger charge is 2.36. The van der Waals surface area contributed by atoms with Crippen LogP contribution in [0.1, 0.15) is 16.8 Å². The van der Waals surface area contributed by atoms with Crippen LogP contribution in [-0.4, -0.2) is 36.3 Å². The zero-order valence-electron chi connectivity index (χ0n) is 15.8. The Hall–Kier alpha value is -3.47. The van der Waals surface area contributed by atoms with Crippen molar-refractivity contribution in [3.63, 3.8) is 0 Å². The maximum atomic E-state index is 12.4. The molecule has 0 spiro atoms. The number of ether oxygens (including phenoxy) is 1. The summed E-state index contributed by atoms with van der Waals surface area (Å²) in [4.78, 5) is 48.7. The zero-order chi connectivity index (χ0) is 21.8. The second-order valence-corrected chi connectivity index (χ2v) is 7.38. The summed E-state index contributed by atoms with van der Waals surface area (Å²) < 4.78 is 5.98. The van der Waals surface area contributed by atoms with Gasteiger partial charge in [0.2, 0.25) is 11.8 Å². The third-order valence-corrected chi connectivity index (χ3v) is 5.10. The standard InChI is InChI=1S/C19H17BrN4O6/c1-30-16-9-14(24(28)29)6-7-15(16)23-10-12(8-17(23)25)19(27)22-21-18(26)11-2-4-13(20)5-3-11/h2-7,9,12H,8,10H2,1H3,(H,21,26)(H,22,27)/t12-/m1/s1. The van der Waals surface area contributed by atoms with Gasteiger partial charge in [-0.3, -0.25) is 35.3 Å². The van der Waals surface area contributed by atoms with E-state index in [1.54, 1.807) is 24.3 Å². The van der Waals surface area contributed by atoms with Crippen LogP contribution < -0.4 is 20.5 Å². The maximum absolute atomic E-state index is 12.4. The number of rotatable bonds is 5. The Bertz CT molecular complexity index is 1010.